The van der Waals surface area contributed by atoms with Gasteiger partial charge in [-0.05, 0) is 36.4 Å². The number of halogens is 2. The van der Waals surface area contributed by atoms with Gasteiger partial charge in [-0.3, -0.25) is 13.8 Å². The fraction of sp³-hybridized carbons (Fsp3) is 0.111. The van der Waals surface area contributed by atoms with Crippen molar-refractivity contribution >= 4 is 53.8 Å². The van der Waals surface area contributed by atoms with E-state index >= 15 is 0 Å². The normalized spacial score (nSPS) is 11.7. The standard InChI is InChI=1S/C18H16F2N4O5S3/c1-31(26,27)24(13-4-7-15(19)16(20)10-13)11-17(25)22-12-2-5-14(6-3-12)32(28,29)23-18-21-8-9-30-18/h2-10H,11H2,1H3,(H,21,23)(H,22,25). The lowest BCUT2D eigenvalue weighted by atomic mass is 10.3. The Hall–Kier alpha value is -3.10. The molecule has 170 valence electrons. The van der Waals surface area contributed by atoms with E-state index in [0.717, 1.165) is 29.7 Å². The molecule has 2 aromatic carbocycles. The van der Waals surface area contributed by atoms with Gasteiger partial charge in [0.25, 0.3) is 10.0 Å². The number of carbonyl (C=O) groups is 1. The molecule has 0 atom stereocenters. The molecule has 0 radical (unpaired) electrons. The van der Waals surface area contributed by atoms with E-state index in [2.05, 4.69) is 15.0 Å². The number of carbonyl (C=O) groups excluding carboxylic acids is 1. The summed E-state index contributed by atoms with van der Waals surface area (Å²) in [7, 11) is -7.87. The Balaban J connectivity index is 1.72. The van der Waals surface area contributed by atoms with Gasteiger partial charge >= 0.3 is 0 Å². The van der Waals surface area contributed by atoms with E-state index in [0.29, 0.717) is 10.4 Å². The summed E-state index contributed by atoms with van der Waals surface area (Å²) >= 11 is 1.11. The van der Waals surface area contributed by atoms with Crippen LogP contribution in [-0.2, 0) is 24.8 Å². The number of aromatic nitrogens is 1. The van der Waals surface area contributed by atoms with Crippen LogP contribution in [0.5, 0.6) is 0 Å². The highest BCUT2D eigenvalue weighted by Gasteiger charge is 2.22. The molecule has 1 heterocycles. The van der Waals surface area contributed by atoms with Crippen LogP contribution in [0.4, 0.5) is 25.3 Å². The molecule has 3 rings (SSSR count). The molecule has 0 unspecified atom stereocenters. The van der Waals surface area contributed by atoms with E-state index in [9.17, 15) is 30.4 Å². The number of anilines is 3. The Bertz CT molecular complexity index is 1330. The first-order valence-corrected chi connectivity index (χ1v) is 12.9. The number of nitrogens with zero attached hydrogens (tertiary/aromatic N) is 2. The highest BCUT2D eigenvalue weighted by Crippen LogP contribution is 2.22. The number of thiazole rings is 1. The van der Waals surface area contributed by atoms with Gasteiger partial charge in [0, 0.05) is 23.3 Å². The fourth-order valence-corrected chi connectivity index (χ4v) is 5.17. The van der Waals surface area contributed by atoms with Gasteiger partial charge in [-0.25, -0.2) is 30.6 Å². The molecule has 0 spiro atoms. The number of benzene rings is 2. The Morgan fingerprint density at radius 1 is 1.06 bits per heavy atom. The van der Waals surface area contributed by atoms with Crippen molar-refractivity contribution in [3.63, 3.8) is 0 Å². The van der Waals surface area contributed by atoms with Crippen molar-refractivity contribution in [2.75, 3.05) is 27.1 Å². The van der Waals surface area contributed by atoms with E-state index in [1.54, 1.807) is 5.38 Å². The summed E-state index contributed by atoms with van der Waals surface area (Å²) in [5.41, 5.74) is -0.0295. The van der Waals surface area contributed by atoms with Crippen LogP contribution in [0.15, 0.2) is 58.9 Å². The van der Waals surface area contributed by atoms with E-state index < -0.39 is 44.1 Å². The predicted octanol–water partition coefficient (Wildman–Crippen LogP) is 2.63. The minimum Gasteiger partial charge on any atom is -0.325 e. The first-order valence-electron chi connectivity index (χ1n) is 8.71. The zero-order valence-electron chi connectivity index (χ0n) is 16.3. The molecular weight excluding hydrogens is 486 g/mol. The van der Waals surface area contributed by atoms with Gasteiger partial charge in [0.1, 0.15) is 6.54 Å². The average molecular weight is 503 g/mol. The smallest absolute Gasteiger partial charge is 0.263 e. The monoisotopic (exact) mass is 502 g/mol. The third-order valence-corrected chi connectivity index (χ3v) is 7.29. The summed E-state index contributed by atoms with van der Waals surface area (Å²) in [5, 5.41) is 4.23. The second kappa shape index (κ2) is 9.18. The SMILES string of the molecule is CS(=O)(=O)N(CC(=O)Nc1ccc(S(=O)(=O)Nc2nccs2)cc1)c1ccc(F)c(F)c1. The average Bonchev–Trinajstić information content (AvgIpc) is 3.20. The van der Waals surface area contributed by atoms with Gasteiger partial charge in [-0.15, -0.1) is 11.3 Å². The molecule has 0 aliphatic heterocycles. The molecule has 3 aromatic rings. The molecule has 0 aliphatic rings. The zero-order chi connectivity index (χ0) is 23.5. The van der Waals surface area contributed by atoms with E-state index in [4.69, 9.17) is 0 Å². The summed E-state index contributed by atoms with van der Waals surface area (Å²) in [6.07, 6.45) is 2.26. The fourth-order valence-electron chi connectivity index (χ4n) is 2.54. The minimum atomic E-state index is -4.00. The molecule has 32 heavy (non-hydrogen) atoms. The van der Waals surface area contributed by atoms with Crippen LogP contribution in [0.3, 0.4) is 0 Å². The number of rotatable bonds is 8. The van der Waals surface area contributed by atoms with Gasteiger partial charge in [0.2, 0.25) is 15.9 Å². The second-order valence-corrected chi connectivity index (χ2v) is 10.9. The lowest BCUT2D eigenvalue weighted by Crippen LogP contribution is -2.37. The number of amides is 1. The van der Waals surface area contributed by atoms with Gasteiger partial charge in [0.05, 0.1) is 16.8 Å². The molecule has 1 amide bonds. The third-order valence-electron chi connectivity index (χ3n) is 3.98. The molecule has 0 saturated carbocycles. The Morgan fingerprint density at radius 3 is 2.31 bits per heavy atom. The maximum Gasteiger partial charge on any atom is 0.263 e. The van der Waals surface area contributed by atoms with Crippen molar-refractivity contribution in [3.8, 4) is 0 Å². The molecular formula is C18H16F2N4O5S3. The zero-order valence-corrected chi connectivity index (χ0v) is 18.8. The molecule has 0 saturated heterocycles. The van der Waals surface area contributed by atoms with Gasteiger partial charge in [-0.2, -0.15) is 0 Å². The predicted molar refractivity (Wildman–Crippen MR) is 117 cm³/mol. The molecule has 14 heteroatoms. The number of hydrogen-bond acceptors (Lipinski definition) is 7. The molecule has 2 N–H and O–H groups in total. The number of sulfonamides is 2. The summed E-state index contributed by atoms with van der Waals surface area (Å²) in [6, 6.07) is 7.57. The highest BCUT2D eigenvalue weighted by atomic mass is 32.2. The summed E-state index contributed by atoms with van der Waals surface area (Å²) < 4.78 is 78.4. The van der Waals surface area contributed by atoms with E-state index in [1.165, 1.54) is 30.5 Å². The van der Waals surface area contributed by atoms with Crippen LogP contribution in [0.2, 0.25) is 0 Å². The van der Waals surface area contributed by atoms with Gasteiger partial charge in [-0.1, -0.05) is 0 Å². The van der Waals surface area contributed by atoms with Crippen molar-refractivity contribution in [1.82, 2.24) is 4.98 Å². The number of nitrogens with one attached hydrogen (secondary N) is 2. The van der Waals surface area contributed by atoms with Crippen molar-refractivity contribution < 1.29 is 30.4 Å². The Kier molecular flexibility index (Phi) is 6.76. The van der Waals surface area contributed by atoms with Crippen LogP contribution in [0, 0.1) is 11.6 Å². The van der Waals surface area contributed by atoms with E-state index in [-0.39, 0.29) is 21.4 Å². The van der Waals surface area contributed by atoms with Crippen molar-refractivity contribution in [2.45, 2.75) is 4.90 Å². The maximum absolute atomic E-state index is 13.5. The van der Waals surface area contributed by atoms with Crippen molar-refractivity contribution in [3.05, 3.63) is 65.7 Å². The molecule has 1 aromatic heterocycles. The largest absolute Gasteiger partial charge is 0.325 e. The minimum absolute atomic E-state index is 0.0785. The topological polar surface area (TPSA) is 126 Å². The summed E-state index contributed by atoms with van der Waals surface area (Å²) in [4.78, 5) is 16.1. The van der Waals surface area contributed by atoms with Crippen LogP contribution < -0.4 is 14.3 Å². The molecule has 9 nitrogen and oxygen atoms in total. The lowest BCUT2D eigenvalue weighted by molar-refractivity contribution is -0.114. The molecule has 0 aliphatic carbocycles. The first kappa shape index (κ1) is 23.6. The van der Waals surface area contributed by atoms with E-state index in [1.807, 2.05) is 0 Å². The van der Waals surface area contributed by atoms with Crippen LogP contribution in [0.1, 0.15) is 0 Å². The molecule has 0 fully saturated rings. The van der Waals surface area contributed by atoms with Crippen LogP contribution >= 0.6 is 11.3 Å². The van der Waals surface area contributed by atoms with Crippen LogP contribution in [-0.4, -0.2) is 40.5 Å². The highest BCUT2D eigenvalue weighted by molar-refractivity contribution is 7.93. The summed E-state index contributed by atoms with van der Waals surface area (Å²) in [5.74, 6) is -3.21. The first-order chi connectivity index (χ1) is 15.0. The Morgan fingerprint density at radius 2 is 1.75 bits per heavy atom. The van der Waals surface area contributed by atoms with Crippen molar-refractivity contribution in [1.29, 1.82) is 0 Å². The van der Waals surface area contributed by atoms with Gasteiger partial charge < -0.3 is 5.32 Å². The Labute approximate surface area is 186 Å². The van der Waals surface area contributed by atoms with Gasteiger partial charge in [0.15, 0.2) is 16.8 Å². The van der Waals surface area contributed by atoms with Crippen LogP contribution in [0.25, 0.3) is 0 Å². The maximum atomic E-state index is 13.5. The number of hydrogen-bond donors (Lipinski definition) is 2. The third kappa shape index (κ3) is 5.77. The van der Waals surface area contributed by atoms with Crippen molar-refractivity contribution in [2.24, 2.45) is 0 Å². The molecule has 0 bridgehead atoms. The second-order valence-electron chi connectivity index (χ2n) is 6.38. The quantitative estimate of drug-likeness (QED) is 0.488. The lowest BCUT2D eigenvalue weighted by Gasteiger charge is -2.22. The summed E-state index contributed by atoms with van der Waals surface area (Å²) in [6.45, 7) is -0.713.